The van der Waals surface area contributed by atoms with Crippen LogP contribution in [-0.4, -0.2) is 55.7 Å². The van der Waals surface area contributed by atoms with Crippen molar-refractivity contribution in [3.63, 3.8) is 0 Å². The zero-order chi connectivity index (χ0) is 23.7. The molecule has 0 unspecified atom stereocenters. The highest BCUT2D eigenvalue weighted by molar-refractivity contribution is 6.30. The number of carbonyl (C=O) groups is 1. The summed E-state index contributed by atoms with van der Waals surface area (Å²) in [6.45, 7) is 10.1. The predicted octanol–water partition coefficient (Wildman–Crippen LogP) is 5.07. The van der Waals surface area contributed by atoms with Crippen LogP contribution in [0.5, 0.6) is 5.75 Å². The molecule has 174 valence electrons. The monoisotopic (exact) mass is 466 g/mol. The number of aryl methyl sites for hydroxylation is 2. The maximum absolute atomic E-state index is 13.2. The third kappa shape index (κ3) is 4.72. The molecule has 0 bridgehead atoms. The normalized spacial score (nSPS) is 14.4. The number of benzene rings is 2. The lowest BCUT2D eigenvalue weighted by atomic mass is 10.1. The van der Waals surface area contributed by atoms with Crippen LogP contribution in [0.1, 0.15) is 27.3 Å². The first-order valence-electron chi connectivity index (χ1n) is 11.2. The van der Waals surface area contributed by atoms with Gasteiger partial charge in [0.25, 0.3) is 5.91 Å². The number of nitrogens with zero attached hydrogens (tertiary/aromatic N) is 3. The van der Waals surface area contributed by atoms with Gasteiger partial charge >= 0.3 is 0 Å². The van der Waals surface area contributed by atoms with Gasteiger partial charge in [0.15, 0.2) is 0 Å². The third-order valence-electron chi connectivity index (χ3n) is 6.38. The maximum Gasteiger partial charge on any atom is 0.257 e. The van der Waals surface area contributed by atoms with E-state index in [0.717, 1.165) is 54.5 Å². The van der Waals surface area contributed by atoms with Gasteiger partial charge in [-0.15, -0.1) is 0 Å². The van der Waals surface area contributed by atoms with Crippen LogP contribution in [0.3, 0.4) is 0 Å². The standard InChI is InChI=1S/C26H31ClN4O2/c1-17-14-21(30-12-10-29(4)11-13-30)7-8-23(17)28-26(32)22-15-18(2)31(19(22)3)24-16-20(27)6-9-25(24)33-5/h6-9,14-16H,10-13H2,1-5H3,(H,28,32). The molecule has 1 fully saturated rings. The summed E-state index contributed by atoms with van der Waals surface area (Å²) in [6.07, 6.45) is 0. The average molecular weight is 467 g/mol. The largest absolute Gasteiger partial charge is 0.495 e. The van der Waals surface area contributed by atoms with Crippen molar-refractivity contribution >= 4 is 28.9 Å². The van der Waals surface area contributed by atoms with E-state index in [9.17, 15) is 4.79 Å². The van der Waals surface area contributed by atoms with Gasteiger partial charge in [-0.1, -0.05) is 11.6 Å². The number of halogens is 1. The number of anilines is 2. The SMILES string of the molecule is COc1ccc(Cl)cc1-n1c(C)cc(C(=O)Nc2ccc(N3CCN(C)CC3)cc2C)c1C. The summed E-state index contributed by atoms with van der Waals surface area (Å²) in [4.78, 5) is 18.0. The van der Waals surface area contributed by atoms with Crippen LogP contribution in [-0.2, 0) is 0 Å². The average Bonchev–Trinajstić information content (AvgIpc) is 3.09. The molecule has 0 spiro atoms. The van der Waals surface area contributed by atoms with Gasteiger partial charge in [0.05, 0.1) is 18.4 Å². The molecule has 3 aromatic rings. The second-order valence-corrected chi connectivity index (χ2v) is 9.12. The number of nitrogens with one attached hydrogen (secondary N) is 1. The number of likely N-dealkylation sites (N-methyl/N-ethyl adjacent to an activating group) is 1. The first kappa shape index (κ1) is 23.2. The van der Waals surface area contributed by atoms with Gasteiger partial charge < -0.3 is 24.4 Å². The Morgan fingerprint density at radius 2 is 1.73 bits per heavy atom. The number of hydrogen-bond acceptors (Lipinski definition) is 4. The van der Waals surface area contributed by atoms with Crippen molar-refractivity contribution in [1.82, 2.24) is 9.47 Å². The van der Waals surface area contributed by atoms with Gasteiger partial charge in [-0.2, -0.15) is 0 Å². The molecule has 1 amide bonds. The number of carbonyl (C=O) groups excluding carboxylic acids is 1. The van der Waals surface area contributed by atoms with E-state index in [1.165, 1.54) is 5.69 Å². The van der Waals surface area contributed by atoms with Crippen LogP contribution in [0.4, 0.5) is 11.4 Å². The minimum atomic E-state index is -0.134. The fourth-order valence-corrected chi connectivity index (χ4v) is 4.61. The van der Waals surface area contributed by atoms with Gasteiger partial charge in [0.1, 0.15) is 5.75 Å². The molecule has 4 rings (SSSR count). The van der Waals surface area contributed by atoms with Gasteiger partial charge in [0.2, 0.25) is 0 Å². The lowest BCUT2D eigenvalue weighted by Crippen LogP contribution is -2.44. The highest BCUT2D eigenvalue weighted by Crippen LogP contribution is 2.31. The number of methoxy groups -OCH3 is 1. The Balaban J connectivity index is 1.58. The molecular formula is C26H31ClN4O2. The van der Waals surface area contributed by atoms with Crippen molar-refractivity contribution in [3.8, 4) is 11.4 Å². The molecule has 0 saturated carbocycles. The van der Waals surface area contributed by atoms with Gasteiger partial charge in [-0.05, 0) is 75.8 Å². The van der Waals surface area contributed by atoms with Crippen molar-refractivity contribution < 1.29 is 9.53 Å². The second kappa shape index (κ2) is 9.49. The van der Waals surface area contributed by atoms with Crippen LogP contribution in [0.2, 0.25) is 5.02 Å². The summed E-state index contributed by atoms with van der Waals surface area (Å²) in [6, 6.07) is 13.6. The molecule has 0 aliphatic carbocycles. The van der Waals surface area contributed by atoms with Crippen LogP contribution in [0.25, 0.3) is 5.69 Å². The molecule has 1 aliphatic rings. The minimum absolute atomic E-state index is 0.134. The molecule has 1 N–H and O–H groups in total. The molecule has 1 aromatic heterocycles. The number of ether oxygens (including phenoxy) is 1. The Hall–Kier alpha value is -2.96. The summed E-state index contributed by atoms with van der Waals surface area (Å²) in [5, 5.41) is 3.71. The smallest absolute Gasteiger partial charge is 0.257 e. The molecule has 1 saturated heterocycles. The summed E-state index contributed by atoms with van der Waals surface area (Å²) in [5.74, 6) is 0.564. The van der Waals surface area contributed by atoms with E-state index in [2.05, 4.69) is 34.3 Å². The van der Waals surface area contributed by atoms with Crippen molar-refractivity contribution in [2.45, 2.75) is 20.8 Å². The maximum atomic E-state index is 13.2. The molecule has 0 atom stereocenters. The van der Waals surface area contributed by atoms with Crippen molar-refractivity contribution in [2.24, 2.45) is 0 Å². The van der Waals surface area contributed by atoms with E-state index < -0.39 is 0 Å². The molecule has 6 nitrogen and oxygen atoms in total. The summed E-state index contributed by atoms with van der Waals surface area (Å²) in [7, 11) is 3.78. The molecular weight excluding hydrogens is 436 g/mol. The molecule has 2 aromatic carbocycles. The molecule has 1 aliphatic heterocycles. The first-order chi connectivity index (χ1) is 15.8. The first-order valence-corrected chi connectivity index (χ1v) is 11.5. The van der Waals surface area contributed by atoms with Crippen LogP contribution >= 0.6 is 11.6 Å². The molecule has 33 heavy (non-hydrogen) atoms. The molecule has 7 heteroatoms. The Kier molecular flexibility index (Phi) is 6.68. The number of aromatic nitrogens is 1. The van der Waals surface area contributed by atoms with Gasteiger partial charge in [-0.3, -0.25) is 4.79 Å². The van der Waals surface area contributed by atoms with Crippen LogP contribution < -0.4 is 15.0 Å². The topological polar surface area (TPSA) is 49.7 Å². The second-order valence-electron chi connectivity index (χ2n) is 8.68. The van der Waals surface area contributed by atoms with Crippen molar-refractivity contribution in [2.75, 3.05) is 50.6 Å². The Bertz CT molecular complexity index is 1180. The Morgan fingerprint density at radius 1 is 1.00 bits per heavy atom. The fourth-order valence-electron chi connectivity index (χ4n) is 4.44. The number of piperazine rings is 1. The number of amides is 1. The Morgan fingerprint density at radius 3 is 2.39 bits per heavy atom. The van der Waals surface area contributed by atoms with E-state index in [-0.39, 0.29) is 5.91 Å². The number of rotatable bonds is 5. The van der Waals surface area contributed by atoms with Crippen LogP contribution in [0.15, 0.2) is 42.5 Å². The quantitative estimate of drug-likeness (QED) is 0.570. The van der Waals surface area contributed by atoms with E-state index in [1.54, 1.807) is 13.2 Å². The molecule has 0 radical (unpaired) electrons. The predicted molar refractivity (Wildman–Crippen MR) is 136 cm³/mol. The fraction of sp³-hybridized carbons (Fsp3) is 0.346. The van der Waals surface area contributed by atoms with E-state index in [4.69, 9.17) is 16.3 Å². The highest BCUT2D eigenvalue weighted by atomic mass is 35.5. The summed E-state index contributed by atoms with van der Waals surface area (Å²) >= 11 is 6.24. The highest BCUT2D eigenvalue weighted by Gasteiger charge is 2.20. The van der Waals surface area contributed by atoms with Gasteiger partial charge in [0, 0.05) is 54.0 Å². The summed E-state index contributed by atoms with van der Waals surface area (Å²) < 4.78 is 7.53. The van der Waals surface area contributed by atoms with E-state index >= 15 is 0 Å². The zero-order valence-corrected chi connectivity index (χ0v) is 20.7. The molecule has 2 heterocycles. The zero-order valence-electron chi connectivity index (χ0n) is 19.9. The van der Waals surface area contributed by atoms with Crippen LogP contribution in [0, 0.1) is 20.8 Å². The summed E-state index contributed by atoms with van der Waals surface area (Å²) in [5.41, 5.74) is 6.26. The Labute approximate surface area is 200 Å². The lowest BCUT2D eigenvalue weighted by molar-refractivity contribution is 0.102. The minimum Gasteiger partial charge on any atom is -0.495 e. The number of hydrogen-bond donors (Lipinski definition) is 1. The van der Waals surface area contributed by atoms with Crippen molar-refractivity contribution in [3.05, 3.63) is 70.0 Å². The van der Waals surface area contributed by atoms with Gasteiger partial charge in [-0.25, -0.2) is 0 Å². The third-order valence-corrected chi connectivity index (χ3v) is 6.62. The van der Waals surface area contributed by atoms with E-state index in [1.807, 2.05) is 49.6 Å². The van der Waals surface area contributed by atoms with Crippen molar-refractivity contribution in [1.29, 1.82) is 0 Å². The van der Waals surface area contributed by atoms with E-state index in [0.29, 0.717) is 16.3 Å². The lowest BCUT2D eigenvalue weighted by Gasteiger charge is -2.34.